The Morgan fingerprint density at radius 2 is 2.28 bits per heavy atom. The fraction of sp³-hybridized carbons (Fsp3) is 0.421. The SMILES string of the molecule is Cc1cncc(C(=O)N2CC3(CC(OCc4ccccn4)CS3)C2)c1. The summed E-state index contributed by atoms with van der Waals surface area (Å²) in [5, 5.41) is 0. The van der Waals surface area contributed by atoms with E-state index in [2.05, 4.69) is 9.97 Å². The number of amides is 1. The second-order valence-corrected chi connectivity index (χ2v) is 8.35. The van der Waals surface area contributed by atoms with Gasteiger partial charge in [-0.25, -0.2) is 0 Å². The van der Waals surface area contributed by atoms with Gasteiger partial charge in [0.25, 0.3) is 5.91 Å². The molecule has 2 aliphatic rings. The first-order valence-corrected chi connectivity index (χ1v) is 9.49. The number of rotatable bonds is 4. The molecule has 0 bridgehead atoms. The van der Waals surface area contributed by atoms with E-state index in [1.807, 2.05) is 47.9 Å². The molecule has 2 aromatic rings. The molecular weight excluding hydrogens is 334 g/mol. The summed E-state index contributed by atoms with van der Waals surface area (Å²) in [7, 11) is 0. The third kappa shape index (κ3) is 3.55. The average molecular weight is 355 g/mol. The highest BCUT2D eigenvalue weighted by atomic mass is 32.2. The maximum Gasteiger partial charge on any atom is 0.255 e. The lowest BCUT2D eigenvalue weighted by atomic mass is 9.92. The van der Waals surface area contributed by atoms with Crippen LogP contribution in [0.15, 0.2) is 42.9 Å². The molecule has 6 heteroatoms. The number of hydrogen-bond acceptors (Lipinski definition) is 5. The van der Waals surface area contributed by atoms with Gasteiger partial charge in [-0.05, 0) is 37.1 Å². The lowest BCUT2D eigenvalue weighted by Gasteiger charge is -2.47. The van der Waals surface area contributed by atoms with Crippen LogP contribution in [0.1, 0.15) is 28.0 Å². The molecule has 2 aromatic heterocycles. The van der Waals surface area contributed by atoms with E-state index >= 15 is 0 Å². The molecular formula is C19H21N3O2S. The van der Waals surface area contributed by atoms with E-state index in [1.165, 1.54) is 0 Å². The van der Waals surface area contributed by atoms with Crippen molar-refractivity contribution in [3.05, 3.63) is 59.7 Å². The van der Waals surface area contributed by atoms with E-state index in [1.54, 1.807) is 18.6 Å². The van der Waals surface area contributed by atoms with Crippen molar-refractivity contribution < 1.29 is 9.53 Å². The highest BCUT2D eigenvalue weighted by molar-refractivity contribution is 8.01. The van der Waals surface area contributed by atoms with Crippen molar-refractivity contribution in [3.8, 4) is 0 Å². The maximum absolute atomic E-state index is 12.5. The molecule has 2 saturated heterocycles. The molecule has 2 fully saturated rings. The third-order valence-electron chi connectivity index (χ3n) is 4.74. The van der Waals surface area contributed by atoms with Crippen LogP contribution < -0.4 is 0 Å². The number of aryl methyl sites for hydroxylation is 1. The molecule has 5 nitrogen and oxygen atoms in total. The highest BCUT2D eigenvalue weighted by Gasteiger charge is 2.51. The van der Waals surface area contributed by atoms with E-state index < -0.39 is 0 Å². The molecule has 1 spiro atoms. The predicted octanol–water partition coefficient (Wildman–Crippen LogP) is 2.70. The van der Waals surface area contributed by atoms with Crippen LogP contribution in [0.4, 0.5) is 0 Å². The molecule has 0 aromatic carbocycles. The van der Waals surface area contributed by atoms with Gasteiger partial charge < -0.3 is 9.64 Å². The summed E-state index contributed by atoms with van der Waals surface area (Å²) in [5.41, 5.74) is 2.66. The van der Waals surface area contributed by atoms with E-state index in [-0.39, 0.29) is 16.8 Å². The zero-order valence-corrected chi connectivity index (χ0v) is 15.0. The number of hydrogen-bond donors (Lipinski definition) is 0. The molecule has 0 N–H and O–H groups in total. The van der Waals surface area contributed by atoms with Crippen LogP contribution in [0.2, 0.25) is 0 Å². The van der Waals surface area contributed by atoms with E-state index in [9.17, 15) is 4.79 Å². The van der Waals surface area contributed by atoms with Crippen LogP contribution in [-0.4, -0.2) is 50.5 Å². The monoisotopic (exact) mass is 355 g/mol. The van der Waals surface area contributed by atoms with Crippen LogP contribution in [0.3, 0.4) is 0 Å². The number of aromatic nitrogens is 2. The van der Waals surface area contributed by atoms with Crippen LogP contribution >= 0.6 is 11.8 Å². The average Bonchev–Trinajstić information content (AvgIpc) is 3.04. The molecule has 25 heavy (non-hydrogen) atoms. The van der Waals surface area contributed by atoms with Crippen molar-refractivity contribution in [1.82, 2.24) is 14.9 Å². The van der Waals surface area contributed by atoms with Gasteiger partial charge in [0.15, 0.2) is 0 Å². The van der Waals surface area contributed by atoms with Crippen molar-refractivity contribution in [2.24, 2.45) is 0 Å². The quantitative estimate of drug-likeness (QED) is 0.844. The molecule has 2 aliphatic heterocycles. The summed E-state index contributed by atoms with van der Waals surface area (Å²) in [5.74, 6) is 1.07. The molecule has 0 saturated carbocycles. The number of ether oxygens (including phenoxy) is 1. The fourth-order valence-electron chi connectivity index (χ4n) is 3.46. The Balaban J connectivity index is 1.29. The number of nitrogens with zero attached hydrogens (tertiary/aromatic N) is 3. The first-order chi connectivity index (χ1) is 12.1. The minimum Gasteiger partial charge on any atom is -0.371 e. The van der Waals surface area contributed by atoms with E-state index in [0.29, 0.717) is 12.2 Å². The second-order valence-electron chi connectivity index (χ2n) is 6.86. The molecule has 130 valence electrons. The summed E-state index contributed by atoms with van der Waals surface area (Å²) in [6.07, 6.45) is 6.45. The van der Waals surface area contributed by atoms with Crippen LogP contribution in [0.25, 0.3) is 0 Å². The number of carbonyl (C=O) groups excluding carboxylic acids is 1. The minimum absolute atomic E-state index is 0.0836. The summed E-state index contributed by atoms with van der Waals surface area (Å²) < 4.78 is 6.19. The molecule has 1 unspecified atom stereocenters. The maximum atomic E-state index is 12.5. The topological polar surface area (TPSA) is 55.3 Å². The molecule has 4 rings (SSSR count). The predicted molar refractivity (Wildman–Crippen MR) is 97.5 cm³/mol. The Hall–Kier alpha value is -1.92. The van der Waals surface area contributed by atoms with Crippen molar-refractivity contribution >= 4 is 17.7 Å². The normalized spacial score (nSPS) is 21.3. The van der Waals surface area contributed by atoms with Gasteiger partial charge in [0.1, 0.15) is 0 Å². The zero-order valence-electron chi connectivity index (χ0n) is 14.2. The van der Waals surface area contributed by atoms with Gasteiger partial charge in [0.2, 0.25) is 0 Å². The van der Waals surface area contributed by atoms with E-state index in [4.69, 9.17) is 4.74 Å². The van der Waals surface area contributed by atoms with Gasteiger partial charge in [-0.1, -0.05) is 6.07 Å². The number of thioether (sulfide) groups is 1. The Morgan fingerprint density at radius 1 is 1.40 bits per heavy atom. The van der Waals surface area contributed by atoms with Gasteiger partial charge in [0.05, 0.1) is 28.7 Å². The standard InChI is InChI=1S/C19H21N3O2S/c1-14-6-15(9-20-8-14)18(23)22-12-19(13-22)7-17(11-25-19)24-10-16-4-2-3-5-21-16/h2-6,8-9,17H,7,10-13H2,1H3. The molecule has 0 radical (unpaired) electrons. The van der Waals surface area contributed by atoms with Crippen LogP contribution in [0.5, 0.6) is 0 Å². The first-order valence-electron chi connectivity index (χ1n) is 8.50. The Labute approximate surface area is 151 Å². The van der Waals surface area contributed by atoms with Crippen molar-refractivity contribution in [2.45, 2.75) is 30.8 Å². The van der Waals surface area contributed by atoms with Crippen molar-refractivity contribution in [3.63, 3.8) is 0 Å². The van der Waals surface area contributed by atoms with Crippen LogP contribution in [-0.2, 0) is 11.3 Å². The summed E-state index contributed by atoms with van der Waals surface area (Å²) in [6, 6.07) is 7.78. The summed E-state index contributed by atoms with van der Waals surface area (Å²) in [6.45, 7) is 4.11. The van der Waals surface area contributed by atoms with Gasteiger partial charge in [0, 0.05) is 37.4 Å². The van der Waals surface area contributed by atoms with Gasteiger partial charge >= 0.3 is 0 Å². The number of likely N-dealkylation sites (tertiary alicyclic amines) is 1. The van der Waals surface area contributed by atoms with E-state index in [0.717, 1.165) is 36.5 Å². The highest BCUT2D eigenvalue weighted by Crippen LogP contribution is 2.46. The molecule has 1 amide bonds. The third-order valence-corrected chi connectivity index (χ3v) is 6.31. The largest absolute Gasteiger partial charge is 0.371 e. The summed E-state index contributed by atoms with van der Waals surface area (Å²) in [4.78, 5) is 22.9. The summed E-state index contributed by atoms with van der Waals surface area (Å²) >= 11 is 1.94. The smallest absolute Gasteiger partial charge is 0.255 e. The van der Waals surface area contributed by atoms with Gasteiger partial charge in [-0.2, -0.15) is 0 Å². The number of carbonyl (C=O) groups is 1. The van der Waals surface area contributed by atoms with Crippen LogP contribution in [0, 0.1) is 6.92 Å². The lowest BCUT2D eigenvalue weighted by Crippen LogP contribution is -2.60. The second kappa shape index (κ2) is 6.77. The molecule has 4 heterocycles. The molecule has 1 atom stereocenters. The van der Waals surface area contributed by atoms with Crippen molar-refractivity contribution in [2.75, 3.05) is 18.8 Å². The molecule has 0 aliphatic carbocycles. The first kappa shape index (κ1) is 16.5. The zero-order chi connectivity index (χ0) is 17.3. The van der Waals surface area contributed by atoms with Gasteiger partial charge in [-0.3, -0.25) is 14.8 Å². The number of pyridine rings is 2. The lowest BCUT2D eigenvalue weighted by molar-refractivity contribution is 0.0245. The Kier molecular flexibility index (Phi) is 4.48. The Morgan fingerprint density at radius 3 is 3.04 bits per heavy atom. The van der Waals surface area contributed by atoms with Gasteiger partial charge in [-0.15, -0.1) is 11.8 Å². The minimum atomic E-state index is 0.0836. The fourth-order valence-corrected chi connectivity index (χ4v) is 5.02. The Bertz CT molecular complexity index is 762. The van der Waals surface area contributed by atoms with Crippen molar-refractivity contribution in [1.29, 1.82) is 0 Å².